The first-order chi connectivity index (χ1) is 5.33. The Morgan fingerprint density at radius 1 is 1.50 bits per heavy atom. The third kappa shape index (κ3) is 2.20. The molecule has 1 aliphatic heterocycles. The van der Waals surface area contributed by atoms with Gasteiger partial charge in [0, 0.05) is 6.04 Å². The molecule has 1 heterocycles. The second-order valence-electron chi connectivity index (χ2n) is 5.27. The molecule has 1 fully saturated rings. The van der Waals surface area contributed by atoms with Gasteiger partial charge in [-0.1, -0.05) is 20.8 Å². The van der Waals surface area contributed by atoms with Crippen molar-refractivity contribution < 1.29 is 5.11 Å². The minimum absolute atomic E-state index is 0.217. The monoisotopic (exact) mass is 171 g/mol. The van der Waals surface area contributed by atoms with E-state index in [1.165, 1.54) is 0 Å². The Morgan fingerprint density at radius 3 is 2.42 bits per heavy atom. The first kappa shape index (κ1) is 10.0. The van der Waals surface area contributed by atoms with E-state index in [1.54, 1.807) is 0 Å². The maximum absolute atomic E-state index is 10.2. The maximum atomic E-state index is 10.2. The van der Waals surface area contributed by atoms with Crippen molar-refractivity contribution in [2.45, 2.75) is 52.2 Å². The van der Waals surface area contributed by atoms with E-state index in [9.17, 15) is 5.11 Å². The molecule has 0 aromatic heterocycles. The largest absolute Gasteiger partial charge is 0.388 e. The van der Waals surface area contributed by atoms with Crippen LogP contribution in [0.2, 0.25) is 0 Å². The van der Waals surface area contributed by atoms with Gasteiger partial charge in [0.1, 0.15) is 0 Å². The molecule has 1 rings (SSSR count). The molecule has 1 saturated heterocycles. The van der Waals surface area contributed by atoms with Crippen LogP contribution in [0.4, 0.5) is 0 Å². The van der Waals surface area contributed by atoms with Crippen molar-refractivity contribution in [2.75, 3.05) is 6.54 Å². The third-order valence-electron chi connectivity index (χ3n) is 2.65. The molecule has 2 nitrogen and oxygen atoms in total. The van der Waals surface area contributed by atoms with Gasteiger partial charge in [0.15, 0.2) is 0 Å². The normalized spacial score (nSPS) is 37.2. The van der Waals surface area contributed by atoms with Crippen LogP contribution >= 0.6 is 0 Å². The van der Waals surface area contributed by atoms with E-state index in [0.29, 0.717) is 0 Å². The zero-order valence-corrected chi connectivity index (χ0v) is 8.65. The second kappa shape index (κ2) is 3.00. The molecule has 2 unspecified atom stereocenters. The lowest BCUT2D eigenvalue weighted by Crippen LogP contribution is -2.43. The molecular weight excluding hydrogens is 150 g/mol. The summed E-state index contributed by atoms with van der Waals surface area (Å²) in [6.07, 6.45) is 1.78. The van der Waals surface area contributed by atoms with Gasteiger partial charge in [0.25, 0.3) is 0 Å². The standard InChI is InChI=1S/C10H21NO/c1-8-10(12,5-6-11-8)7-9(2,3)4/h8,11-12H,5-7H2,1-4H3. The van der Waals surface area contributed by atoms with E-state index in [2.05, 4.69) is 33.0 Å². The van der Waals surface area contributed by atoms with Gasteiger partial charge in [0.2, 0.25) is 0 Å². The number of nitrogens with one attached hydrogen (secondary N) is 1. The summed E-state index contributed by atoms with van der Waals surface area (Å²) in [6, 6.07) is 0.247. The van der Waals surface area contributed by atoms with Crippen LogP contribution in [0.1, 0.15) is 40.5 Å². The number of hydrogen-bond donors (Lipinski definition) is 2. The van der Waals surface area contributed by atoms with Gasteiger partial charge in [-0.2, -0.15) is 0 Å². The first-order valence-corrected chi connectivity index (χ1v) is 4.79. The highest BCUT2D eigenvalue weighted by molar-refractivity contribution is 4.97. The van der Waals surface area contributed by atoms with E-state index < -0.39 is 5.60 Å². The lowest BCUT2D eigenvalue weighted by molar-refractivity contribution is -0.00423. The van der Waals surface area contributed by atoms with Crippen molar-refractivity contribution in [3.05, 3.63) is 0 Å². The zero-order chi connectivity index (χ0) is 9.41. The Kier molecular flexibility index (Phi) is 2.50. The molecule has 2 heteroatoms. The van der Waals surface area contributed by atoms with Gasteiger partial charge < -0.3 is 10.4 Å². The van der Waals surface area contributed by atoms with Crippen LogP contribution in [-0.4, -0.2) is 23.3 Å². The molecule has 0 aromatic carbocycles. The Bertz CT molecular complexity index is 162. The second-order valence-corrected chi connectivity index (χ2v) is 5.27. The highest BCUT2D eigenvalue weighted by Crippen LogP contribution is 2.34. The average molecular weight is 171 g/mol. The lowest BCUT2D eigenvalue weighted by Gasteiger charge is -2.33. The van der Waals surface area contributed by atoms with Gasteiger partial charge in [-0.25, -0.2) is 0 Å². The predicted octanol–water partition coefficient (Wildman–Crippen LogP) is 1.54. The molecule has 1 aliphatic rings. The smallest absolute Gasteiger partial charge is 0.0814 e. The molecule has 2 atom stereocenters. The summed E-state index contributed by atoms with van der Waals surface area (Å²) in [7, 11) is 0. The maximum Gasteiger partial charge on any atom is 0.0814 e. The van der Waals surface area contributed by atoms with Crippen LogP contribution in [0.5, 0.6) is 0 Å². The highest BCUT2D eigenvalue weighted by Gasteiger charge is 2.40. The number of rotatable bonds is 1. The van der Waals surface area contributed by atoms with Crippen molar-refractivity contribution in [3.8, 4) is 0 Å². The summed E-state index contributed by atoms with van der Waals surface area (Å²) in [5.41, 5.74) is -0.257. The van der Waals surface area contributed by atoms with E-state index >= 15 is 0 Å². The molecule has 0 radical (unpaired) electrons. The van der Waals surface area contributed by atoms with Crippen LogP contribution in [0.3, 0.4) is 0 Å². The van der Waals surface area contributed by atoms with Gasteiger partial charge in [-0.15, -0.1) is 0 Å². The molecule has 2 N–H and O–H groups in total. The van der Waals surface area contributed by atoms with Crippen molar-refractivity contribution >= 4 is 0 Å². The zero-order valence-electron chi connectivity index (χ0n) is 8.65. The van der Waals surface area contributed by atoms with E-state index in [-0.39, 0.29) is 11.5 Å². The quantitative estimate of drug-likeness (QED) is 0.627. The van der Waals surface area contributed by atoms with Crippen molar-refractivity contribution in [3.63, 3.8) is 0 Å². The van der Waals surface area contributed by atoms with Gasteiger partial charge in [0.05, 0.1) is 5.60 Å². The van der Waals surface area contributed by atoms with E-state index in [1.807, 2.05) is 0 Å². The van der Waals surface area contributed by atoms with Gasteiger partial charge in [-0.05, 0) is 31.7 Å². The van der Waals surface area contributed by atoms with Crippen LogP contribution in [0.15, 0.2) is 0 Å². The number of aliphatic hydroxyl groups is 1. The minimum atomic E-state index is -0.474. The molecular formula is C10H21NO. The summed E-state index contributed by atoms with van der Waals surface area (Å²) >= 11 is 0. The molecule has 72 valence electrons. The fourth-order valence-corrected chi connectivity index (χ4v) is 2.07. The average Bonchev–Trinajstić information content (AvgIpc) is 2.08. The van der Waals surface area contributed by atoms with Crippen molar-refractivity contribution in [1.82, 2.24) is 5.32 Å². The SMILES string of the molecule is CC1NCCC1(O)CC(C)(C)C. The Hall–Kier alpha value is -0.0800. The highest BCUT2D eigenvalue weighted by atomic mass is 16.3. The van der Waals surface area contributed by atoms with Crippen molar-refractivity contribution in [2.24, 2.45) is 5.41 Å². The molecule has 0 aliphatic carbocycles. The Morgan fingerprint density at radius 2 is 2.08 bits per heavy atom. The number of hydrogen-bond acceptors (Lipinski definition) is 2. The van der Waals surface area contributed by atoms with Gasteiger partial charge >= 0.3 is 0 Å². The third-order valence-corrected chi connectivity index (χ3v) is 2.65. The molecule has 0 saturated carbocycles. The van der Waals surface area contributed by atoms with Crippen LogP contribution in [-0.2, 0) is 0 Å². The Labute approximate surface area is 75.4 Å². The van der Waals surface area contributed by atoms with E-state index in [0.717, 1.165) is 19.4 Å². The minimum Gasteiger partial charge on any atom is -0.388 e. The lowest BCUT2D eigenvalue weighted by atomic mass is 9.78. The summed E-state index contributed by atoms with van der Waals surface area (Å²) < 4.78 is 0. The molecule has 0 aromatic rings. The predicted molar refractivity (Wildman–Crippen MR) is 51.1 cm³/mol. The van der Waals surface area contributed by atoms with Gasteiger partial charge in [-0.3, -0.25) is 0 Å². The molecule has 0 amide bonds. The van der Waals surface area contributed by atoms with Crippen LogP contribution in [0, 0.1) is 5.41 Å². The molecule has 0 spiro atoms. The van der Waals surface area contributed by atoms with E-state index in [4.69, 9.17) is 0 Å². The Balaban J connectivity index is 2.60. The summed E-state index contributed by atoms with van der Waals surface area (Å²) in [6.45, 7) is 9.55. The summed E-state index contributed by atoms with van der Waals surface area (Å²) in [5, 5.41) is 13.5. The summed E-state index contributed by atoms with van der Waals surface area (Å²) in [5.74, 6) is 0. The fourth-order valence-electron chi connectivity index (χ4n) is 2.07. The summed E-state index contributed by atoms with van der Waals surface area (Å²) in [4.78, 5) is 0. The van der Waals surface area contributed by atoms with Crippen LogP contribution in [0.25, 0.3) is 0 Å². The topological polar surface area (TPSA) is 32.3 Å². The fraction of sp³-hybridized carbons (Fsp3) is 1.00. The first-order valence-electron chi connectivity index (χ1n) is 4.79. The molecule has 0 bridgehead atoms. The molecule has 12 heavy (non-hydrogen) atoms. The van der Waals surface area contributed by atoms with Crippen LogP contribution < -0.4 is 5.32 Å². The van der Waals surface area contributed by atoms with Crippen molar-refractivity contribution in [1.29, 1.82) is 0 Å².